The number of nitrogens with zero attached hydrogens (tertiary/aromatic N) is 2. The summed E-state index contributed by atoms with van der Waals surface area (Å²) in [5.74, 6) is 1.02. The second-order valence-electron chi connectivity index (χ2n) is 12.6. The van der Waals surface area contributed by atoms with Gasteiger partial charge in [0.25, 0.3) is 0 Å². The molecule has 2 fully saturated rings. The van der Waals surface area contributed by atoms with E-state index >= 15 is 0 Å². The number of carbonyl (C=O) groups is 3. The van der Waals surface area contributed by atoms with Gasteiger partial charge in [0.05, 0.1) is 0 Å². The Morgan fingerprint density at radius 1 is 0.755 bits per heavy atom. The molecule has 2 aliphatic heterocycles. The maximum Gasteiger partial charge on any atom is 0.417 e. The molecule has 276 valence electrons. The van der Waals surface area contributed by atoms with Gasteiger partial charge in [0.15, 0.2) is 0 Å². The lowest BCUT2D eigenvalue weighted by Gasteiger charge is -2.14. The van der Waals surface area contributed by atoms with Crippen molar-refractivity contribution in [2.24, 2.45) is 0 Å². The highest BCUT2D eigenvalue weighted by molar-refractivity contribution is 5.87. The van der Waals surface area contributed by atoms with Crippen LogP contribution in [-0.2, 0) is 6.54 Å². The molecular formula is C43H49N5O5. The quantitative estimate of drug-likeness (QED) is 0.143. The minimum Gasteiger partial charge on any atom is -0.410 e. The van der Waals surface area contributed by atoms with Crippen LogP contribution in [0.2, 0.25) is 0 Å². The number of likely N-dealkylation sites (tertiary alicyclic amines) is 1. The van der Waals surface area contributed by atoms with E-state index in [-0.39, 0.29) is 0 Å². The summed E-state index contributed by atoms with van der Waals surface area (Å²) in [6.45, 7) is 8.73. The first-order valence-electron chi connectivity index (χ1n) is 17.9. The van der Waals surface area contributed by atoms with Crippen molar-refractivity contribution in [1.29, 1.82) is 0 Å². The number of pyridine rings is 1. The van der Waals surface area contributed by atoms with E-state index in [0.717, 1.165) is 30.1 Å². The zero-order chi connectivity index (χ0) is 37.5. The number of hydrogen-bond donors (Lipinski definition) is 3. The molecule has 5 aromatic rings. The van der Waals surface area contributed by atoms with Crippen LogP contribution in [0.25, 0.3) is 0 Å². The number of aryl methyl sites for hydroxylation is 1. The van der Waals surface area contributed by atoms with Crippen LogP contribution in [0.4, 0.5) is 21.0 Å². The lowest BCUT2D eigenvalue weighted by Crippen LogP contribution is -2.18. The number of anilines is 2. The largest absolute Gasteiger partial charge is 0.417 e. The van der Waals surface area contributed by atoms with E-state index in [0.29, 0.717) is 22.7 Å². The molecule has 3 N–H and O–H groups in total. The Balaban J connectivity index is 0.000000181. The molecular weight excluding hydrogens is 667 g/mol. The van der Waals surface area contributed by atoms with E-state index in [1.54, 1.807) is 60.9 Å². The van der Waals surface area contributed by atoms with Gasteiger partial charge in [0.1, 0.15) is 17.8 Å². The molecule has 10 nitrogen and oxygen atoms in total. The molecule has 10 heteroatoms. The van der Waals surface area contributed by atoms with Crippen LogP contribution in [0.1, 0.15) is 54.1 Å². The first-order valence-corrected chi connectivity index (χ1v) is 17.9. The van der Waals surface area contributed by atoms with Crippen molar-refractivity contribution >= 4 is 29.8 Å². The van der Waals surface area contributed by atoms with Gasteiger partial charge in [-0.05, 0) is 143 Å². The van der Waals surface area contributed by atoms with Gasteiger partial charge in [-0.1, -0.05) is 48.5 Å². The third kappa shape index (κ3) is 16.4. The van der Waals surface area contributed by atoms with Crippen LogP contribution in [0.3, 0.4) is 0 Å². The van der Waals surface area contributed by atoms with Crippen molar-refractivity contribution in [3.05, 3.63) is 150 Å². The fourth-order valence-electron chi connectivity index (χ4n) is 5.38. The van der Waals surface area contributed by atoms with Crippen LogP contribution >= 0.6 is 0 Å². The number of benzene rings is 4. The van der Waals surface area contributed by atoms with Crippen LogP contribution in [0.15, 0.2) is 134 Å². The highest BCUT2D eigenvalue weighted by Crippen LogP contribution is 2.17. The Labute approximate surface area is 312 Å². The van der Waals surface area contributed by atoms with E-state index in [1.807, 2.05) is 67.6 Å². The van der Waals surface area contributed by atoms with Crippen molar-refractivity contribution in [3.63, 3.8) is 0 Å². The second-order valence-corrected chi connectivity index (χ2v) is 12.6. The average molecular weight is 716 g/mol. The lowest BCUT2D eigenvalue weighted by atomic mass is 10.2. The molecule has 53 heavy (non-hydrogen) atoms. The van der Waals surface area contributed by atoms with Gasteiger partial charge in [0.2, 0.25) is 0 Å². The van der Waals surface area contributed by atoms with Crippen molar-refractivity contribution in [2.75, 3.05) is 30.3 Å². The summed E-state index contributed by atoms with van der Waals surface area (Å²) in [5.41, 5.74) is 4.15. The monoisotopic (exact) mass is 715 g/mol. The first-order chi connectivity index (χ1) is 25.9. The number of rotatable bonds is 7. The van der Waals surface area contributed by atoms with Crippen LogP contribution in [0.5, 0.6) is 11.5 Å². The van der Waals surface area contributed by atoms with Crippen molar-refractivity contribution in [1.82, 2.24) is 15.2 Å². The lowest BCUT2D eigenvalue weighted by molar-refractivity contribution is 0.112. The molecule has 2 amide bonds. The van der Waals surface area contributed by atoms with Gasteiger partial charge in [-0.15, -0.1) is 0 Å². The number of nitrogens with one attached hydrogen (secondary N) is 3. The van der Waals surface area contributed by atoms with E-state index in [2.05, 4.69) is 44.9 Å². The zero-order valence-electron chi connectivity index (χ0n) is 30.4. The SMILES string of the molecule is CC1CCCN1.Cc1cccc(OC(=O)Nc2ccc(C=O)cc2)c1.O=C(Nc1ccc(CN2CCCC2)cc1)Oc1ccccc1.c1ccncc1. The molecule has 7 rings (SSSR count). The van der Waals surface area contributed by atoms with E-state index in [9.17, 15) is 14.4 Å². The number of carbonyl (C=O) groups excluding carboxylic acids is 3. The second kappa shape index (κ2) is 22.9. The van der Waals surface area contributed by atoms with Crippen LogP contribution < -0.4 is 25.4 Å². The summed E-state index contributed by atoms with van der Waals surface area (Å²) >= 11 is 0. The van der Waals surface area contributed by atoms with E-state index in [1.165, 1.54) is 50.9 Å². The van der Waals surface area contributed by atoms with E-state index in [4.69, 9.17) is 9.47 Å². The summed E-state index contributed by atoms with van der Waals surface area (Å²) in [6, 6.07) is 37.2. The van der Waals surface area contributed by atoms with Crippen molar-refractivity contribution in [3.8, 4) is 11.5 Å². The summed E-state index contributed by atoms with van der Waals surface area (Å²) in [7, 11) is 0. The fourth-order valence-corrected chi connectivity index (χ4v) is 5.38. The van der Waals surface area contributed by atoms with Gasteiger partial charge >= 0.3 is 12.2 Å². The summed E-state index contributed by atoms with van der Waals surface area (Å²) < 4.78 is 10.3. The van der Waals surface area contributed by atoms with Gasteiger partial charge in [-0.25, -0.2) is 9.59 Å². The number of amides is 2. The van der Waals surface area contributed by atoms with Crippen molar-refractivity contribution in [2.45, 2.75) is 52.1 Å². The van der Waals surface area contributed by atoms with Gasteiger partial charge < -0.3 is 14.8 Å². The molecule has 1 aromatic heterocycles. The van der Waals surface area contributed by atoms with Gasteiger partial charge in [-0.3, -0.25) is 25.3 Å². The Morgan fingerprint density at radius 3 is 1.83 bits per heavy atom. The average Bonchev–Trinajstić information content (AvgIpc) is 3.89. The van der Waals surface area contributed by atoms with Gasteiger partial charge in [-0.2, -0.15) is 0 Å². The molecule has 0 spiro atoms. The van der Waals surface area contributed by atoms with Crippen LogP contribution in [0, 0.1) is 6.92 Å². The molecule has 1 unspecified atom stereocenters. The molecule has 0 saturated carbocycles. The van der Waals surface area contributed by atoms with E-state index < -0.39 is 12.2 Å². The minimum absolute atomic E-state index is 0.474. The number of aromatic nitrogens is 1. The Kier molecular flexibility index (Phi) is 17.2. The summed E-state index contributed by atoms with van der Waals surface area (Å²) in [6.07, 6.45) is 8.55. The third-order valence-electron chi connectivity index (χ3n) is 8.13. The highest BCUT2D eigenvalue weighted by Gasteiger charge is 2.12. The topological polar surface area (TPSA) is 122 Å². The predicted octanol–water partition coefficient (Wildman–Crippen LogP) is 9.15. The van der Waals surface area contributed by atoms with Crippen molar-refractivity contribution < 1.29 is 23.9 Å². The molecule has 3 heterocycles. The highest BCUT2D eigenvalue weighted by atomic mass is 16.6. The Bertz CT molecular complexity index is 1750. The predicted molar refractivity (Wildman–Crippen MR) is 211 cm³/mol. The van der Waals surface area contributed by atoms with Crippen LogP contribution in [-0.4, -0.2) is 54.0 Å². The molecule has 0 aliphatic carbocycles. The van der Waals surface area contributed by atoms with Gasteiger partial charge in [0, 0.05) is 41.9 Å². The molecule has 0 bridgehead atoms. The molecule has 0 radical (unpaired) electrons. The maximum absolute atomic E-state index is 11.8. The fraction of sp³-hybridized carbons (Fsp3) is 0.256. The molecule has 1 atom stereocenters. The number of ether oxygens (including phenoxy) is 2. The summed E-state index contributed by atoms with van der Waals surface area (Å²) in [4.78, 5) is 40.2. The third-order valence-corrected chi connectivity index (χ3v) is 8.13. The normalized spacial score (nSPS) is 14.4. The maximum atomic E-state index is 11.8. The number of hydrogen-bond acceptors (Lipinski definition) is 8. The molecule has 4 aromatic carbocycles. The Hall–Kier alpha value is -5.84. The summed E-state index contributed by atoms with van der Waals surface area (Å²) in [5, 5.41) is 8.64. The molecule has 2 saturated heterocycles. The first kappa shape index (κ1) is 39.9. The number of aldehydes is 1. The minimum atomic E-state index is -0.565. The standard InChI is InChI=1S/C18H20N2O2.C15H13NO3.C5H11N.C5H5N/c21-18(22-17-6-2-1-3-7-17)19-16-10-8-15(9-11-16)14-20-12-4-5-13-20;1-11-3-2-4-14(9-11)19-15(18)16-13-7-5-12(10-17)6-8-13;1-5-3-2-4-6-5;1-2-4-6-5-3-1/h1-3,6-11H,4-5,12-14H2,(H,19,21);2-10H,1H3,(H,16,18);5-6H,2-4H2,1H3;1-5H. The Morgan fingerprint density at radius 2 is 1.34 bits per heavy atom. The molecule has 2 aliphatic rings. The smallest absolute Gasteiger partial charge is 0.410 e. The number of para-hydroxylation sites is 1. The zero-order valence-corrected chi connectivity index (χ0v) is 30.4.